The predicted octanol–water partition coefficient (Wildman–Crippen LogP) is 1.65. The van der Waals surface area contributed by atoms with Crippen molar-refractivity contribution in [2.75, 3.05) is 19.6 Å². The van der Waals surface area contributed by atoms with Gasteiger partial charge in [-0.2, -0.15) is 4.98 Å². The molecule has 1 atom stereocenters. The maximum atomic E-state index is 12.3. The summed E-state index contributed by atoms with van der Waals surface area (Å²) in [5.41, 5.74) is 0.872. The molecule has 1 N–H and O–H groups in total. The minimum absolute atomic E-state index is 0.0160. The number of amides is 2. The van der Waals surface area contributed by atoms with Crippen LogP contribution in [0.25, 0.3) is 11.5 Å². The van der Waals surface area contributed by atoms with Crippen LogP contribution in [-0.4, -0.2) is 46.5 Å². The lowest BCUT2D eigenvalue weighted by Gasteiger charge is -2.31. The predicted molar refractivity (Wildman–Crippen MR) is 91.4 cm³/mol. The van der Waals surface area contributed by atoms with Crippen LogP contribution in [-0.2, 0) is 16.0 Å². The minimum atomic E-state index is -0.136. The maximum absolute atomic E-state index is 12.3. The summed E-state index contributed by atoms with van der Waals surface area (Å²) in [4.78, 5) is 29.8. The van der Waals surface area contributed by atoms with Gasteiger partial charge in [0.15, 0.2) is 5.82 Å². The molecule has 1 aromatic heterocycles. The lowest BCUT2D eigenvalue weighted by molar-refractivity contribution is -0.133. The van der Waals surface area contributed by atoms with Gasteiger partial charge in [-0.1, -0.05) is 23.4 Å². The molecule has 1 aromatic carbocycles. The number of nitrogens with zero attached hydrogens (tertiary/aromatic N) is 3. The van der Waals surface area contributed by atoms with Crippen LogP contribution in [0.3, 0.4) is 0 Å². The maximum Gasteiger partial charge on any atom is 0.257 e. The largest absolute Gasteiger partial charge is 0.355 e. The highest BCUT2D eigenvalue weighted by Gasteiger charge is 2.26. The SMILES string of the molecule is CC(=O)N1CCCC(C(=O)NCCc2noc(-c3ccccc3)n2)C1. The number of carbonyl (C=O) groups is 2. The van der Waals surface area contributed by atoms with Crippen molar-refractivity contribution in [3.05, 3.63) is 36.2 Å². The molecule has 3 rings (SSSR count). The molecule has 0 bridgehead atoms. The van der Waals surface area contributed by atoms with Crippen LogP contribution < -0.4 is 5.32 Å². The third kappa shape index (κ3) is 4.43. The monoisotopic (exact) mass is 342 g/mol. The second-order valence-corrected chi connectivity index (χ2v) is 6.23. The highest BCUT2D eigenvalue weighted by atomic mass is 16.5. The molecule has 0 aliphatic carbocycles. The van der Waals surface area contributed by atoms with E-state index in [0.29, 0.717) is 31.2 Å². The first-order valence-electron chi connectivity index (χ1n) is 8.54. The van der Waals surface area contributed by atoms with Crippen molar-refractivity contribution in [3.63, 3.8) is 0 Å². The van der Waals surface area contributed by atoms with Gasteiger partial charge in [0.25, 0.3) is 5.89 Å². The molecule has 2 aromatic rings. The van der Waals surface area contributed by atoms with Crippen LogP contribution in [0.1, 0.15) is 25.6 Å². The third-order valence-corrected chi connectivity index (χ3v) is 4.37. The van der Waals surface area contributed by atoms with Gasteiger partial charge in [-0.25, -0.2) is 0 Å². The number of benzene rings is 1. The molecule has 1 unspecified atom stereocenters. The van der Waals surface area contributed by atoms with Crippen LogP contribution in [0.4, 0.5) is 0 Å². The molecule has 2 heterocycles. The average Bonchev–Trinajstić information content (AvgIpc) is 3.11. The van der Waals surface area contributed by atoms with Crippen LogP contribution in [0.15, 0.2) is 34.9 Å². The number of nitrogens with one attached hydrogen (secondary N) is 1. The molecule has 0 saturated carbocycles. The zero-order valence-corrected chi connectivity index (χ0v) is 14.3. The zero-order valence-electron chi connectivity index (χ0n) is 14.3. The Morgan fingerprint density at radius 2 is 2.12 bits per heavy atom. The molecule has 7 nitrogen and oxygen atoms in total. The molecular formula is C18H22N4O3. The number of aromatic nitrogens is 2. The Hall–Kier alpha value is -2.70. The summed E-state index contributed by atoms with van der Waals surface area (Å²) in [5.74, 6) is 0.915. The first-order chi connectivity index (χ1) is 12.1. The number of rotatable bonds is 5. The lowest BCUT2D eigenvalue weighted by Crippen LogP contribution is -2.45. The Morgan fingerprint density at radius 3 is 2.88 bits per heavy atom. The van der Waals surface area contributed by atoms with Crippen molar-refractivity contribution in [3.8, 4) is 11.5 Å². The Balaban J connectivity index is 1.47. The quantitative estimate of drug-likeness (QED) is 0.893. The van der Waals surface area contributed by atoms with Crippen molar-refractivity contribution < 1.29 is 14.1 Å². The Bertz CT molecular complexity index is 729. The van der Waals surface area contributed by atoms with Gasteiger partial charge in [-0.3, -0.25) is 9.59 Å². The van der Waals surface area contributed by atoms with Crippen molar-refractivity contribution >= 4 is 11.8 Å². The molecule has 0 spiro atoms. The molecule has 1 fully saturated rings. The third-order valence-electron chi connectivity index (χ3n) is 4.37. The number of likely N-dealkylation sites (tertiary alicyclic amines) is 1. The number of hydrogen-bond donors (Lipinski definition) is 1. The van der Waals surface area contributed by atoms with Crippen molar-refractivity contribution in [1.82, 2.24) is 20.4 Å². The average molecular weight is 342 g/mol. The van der Waals surface area contributed by atoms with E-state index in [1.165, 1.54) is 0 Å². The van der Waals surface area contributed by atoms with Crippen LogP contribution in [0.5, 0.6) is 0 Å². The summed E-state index contributed by atoms with van der Waals surface area (Å²) >= 11 is 0. The van der Waals surface area contributed by atoms with Crippen molar-refractivity contribution in [1.29, 1.82) is 0 Å². The van der Waals surface area contributed by atoms with Crippen molar-refractivity contribution in [2.24, 2.45) is 5.92 Å². The van der Waals surface area contributed by atoms with E-state index in [4.69, 9.17) is 4.52 Å². The summed E-state index contributed by atoms with van der Waals surface area (Å²) in [7, 11) is 0. The minimum Gasteiger partial charge on any atom is -0.355 e. The summed E-state index contributed by atoms with van der Waals surface area (Å²) in [6.07, 6.45) is 2.18. The molecule has 2 amide bonds. The zero-order chi connectivity index (χ0) is 17.6. The molecule has 1 aliphatic heterocycles. The van der Waals surface area contributed by atoms with Gasteiger partial charge in [-0.15, -0.1) is 0 Å². The van der Waals surface area contributed by atoms with E-state index in [2.05, 4.69) is 15.5 Å². The van der Waals surface area contributed by atoms with Crippen LogP contribution in [0, 0.1) is 5.92 Å². The van der Waals surface area contributed by atoms with Crippen molar-refractivity contribution in [2.45, 2.75) is 26.2 Å². The Kier molecular flexibility index (Phi) is 5.42. The lowest BCUT2D eigenvalue weighted by atomic mass is 9.97. The molecule has 1 saturated heterocycles. The van der Waals surface area contributed by atoms with Gasteiger partial charge >= 0.3 is 0 Å². The van der Waals surface area contributed by atoms with E-state index in [0.717, 1.165) is 24.9 Å². The van der Waals surface area contributed by atoms with E-state index in [1.807, 2.05) is 30.3 Å². The molecule has 1 aliphatic rings. The molecule has 0 radical (unpaired) electrons. The van der Waals surface area contributed by atoms with Gasteiger partial charge in [-0.05, 0) is 25.0 Å². The fourth-order valence-electron chi connectivity index (χ4n) is 2.97. The van der Waals surface area contributed by atoms with Crippen LogP contribution in [0.2, 0.25) is 0 Å². The van der Waals surface area contributed by atoms with Crippen LogP contribution >= 0.6 is 0 Å². The van der Waals surface area contributed by atoms with E-state index in [1.54, 1.807) is 11.8 Å². The van der Waals surface area contributed by atoms with E-state index in [9.17, 15) is 9.59 Å². The standard InChI is InChI=1S/C18H22N4O3/c1-13(23)22-11-5-8-15(12-22)17(24)19-10-9-16-20-18(25-21-16)14-6-3-2-4-7-14/h2-4,6-7,15H,5,8-12H2,1H3,(H,19,24). The van der Waals surface area contributed by atoms with E-state index < -0.39 is 0 Å². The van der Waals surface area contributed by atoms with E-state index in [-0.39, 0.29) is 17.7 Å². The van der Waals surface area contributed by atoms with Gasteiger partial charge < -0.3 is 14.7 Å². The van der Waals surface area contributed by atoms with Gasteiger partial charge in [0.1, 0.15) is 0 Å². The summed E-state index contributed by atoms with van der Waals surface area (Å²) < 4.78 is 5.25. The Morgan fingerprint density at radius 1 is 1.32 bits per heavy atom. The number of piperidine rings is 1. The fraction of sp³-hybridized carbons (Fsp3) is 0.444. The Labute approximate surface area is 146 Å². The highest BCUT2D eigenvalue weighted by Crippen LogP contribution is 2.17. The second kappa shape index (κ2) is 7.92. The summed E-state index contributed by atoms with van der Waals surface area (Å²) in [6, 6.07) is 9.56. The van der Waals surface area contributed by atoms with Gasteiger partial charge in [0.05, 0.1) is 5.92 Å². The van der Waals surface area contributed by atoms with E-state index >= 15 is 0 Å². The topological polar surface area (TPSA) is 88.3 Å². The number of carbonyl (C=O) groups excluding carboxylic acids is 2. The van der Waals surface area contributed by atoms with Gasteiger partial charge in [0.2, 0.25) is 11.8 Å². The highest BCUT2D eigenvalue weighted by molar-refractivity contribution is 5.80. The molecule has 132 valence electrons. The molecular weight excluding hydrogens is 320 g/mol. The first kappa shape index (κ1) is 17.1. The first-order valence-corrected chi connectivity index (χ1v) is 8.54. The molecule has 25 heavy (non-hydrogen) atoms. The molecule has 7 heteroatoms. The normalized spacial score (nSPS) is 17.3. The summed E-state index contributed by atoms with van der Waals surface area (Å²) in [6.45, 7) is 3.23. The summed E-state index contributed by atoms with van der Waals surface area (Å²) in [5, 5.41) is 6.86. The number of hydrogen-bond acceptors (Lipinski definition) is 5. The second-order valence-electron chi connectivity index (χ2n) is 6.23. The smallest absolute Gasteiger partial charge is 0.257 e. The fourth-order valence-corrected chi connectivity index (χ4v) is 2.97. The van der Waals surface area contributed by atoms with Gasteiger partial charge in [0, 0.05) is 38.5 Å².